The quantitative estimate of drug-likeness (QED) is 0.847. The minimum Gasteiger partial charge on any atom is -0.492 e. The number of halogens is 1. The number of carbonyl (C=O) groups excluding carboxylic acids is 1. The summed E-state index contributed by atoms with van der Waals surface area (Å²) in [5.41, 5.74) is 8.62. The zero-order chi connectivity index (χ0) is 18.9. The van der Waals surface area contributed by atoms with Crippen LogP contribution in [0, 0.1) is 0 Å². The summed E-state index contributed by atoms with van der Waals surface area (Å²) in [5.74, 6) is -0.351. The van der Waals surface area contributed by atoms with Gasteiger partial charge in [-0.2, -0.15) is 0 Å². The third-order valence-corrected chi connectivity index (χ3v) is 5.66. The highest BCUT2D eigenvalue weighted by molar-refractivity contribution is 5.95. The van der Waals surface area contributed by atoms with E-state index in [4.69, 9.17) is 10.5 Å². The van der Waals surface area contributed by atoms with Crippen LogP contribution in [0.3, 0.4) is 0 Å². The Hall–Kier alpha value is -2.66. The molecule has 0 unspecified atom stereocenters. The molecule has 2 aliphatic heterocycles. The summed E-state index contributed by atoms with van der Waals surface area (Å²) in [6.45, 7) is 2.14. The molecular weight excluding hydrogens is 343 g/mol. The van der Waals surface area contributed by atoms with E-state index < -0.39 is 11.7 Å². The van der Waals surface area contributed by atoms with E-state index >= 15 is 0 Å². The van der Waals surface area contributed by atoms with E-state index in [-0.39, 0.29) is 5.41 Å². The van der Waals surface area contributed by atoms with Crippen LogP contribution in [0.2, 0.25) is 0 Å². The molecule has 0 aliphatic carbocycles. The molecule has 4 nitrogen and oxygen atoms in total. The van der Waals surface area contributed by atoms with Gasteiger partial charge in [-0.15, -0.1) is 0 Å². The van der Waals surface area contributed by atoms with Crippen molar-refractivity contribution in [2.24, 2.45) is 5.73 Å². The number of rotatable bonds is 3. The molecule has 0 atom stereocenters. The first-order valence-electron chi connectivity index (χ1n) is 9.29. The lowest BCUT2D eigenvalue weighted by molar-refractivity contribution is -0.130. The first-order valence-corrected chi connectivity index (χ1v) is 9.29. The monoisotopic (exact) mass is 366 g/mol. The van der Waals surface area contributed by atoms with Crippen molar-refractivity contribution in [2.75, 3.05) is 19.7 Å². The summed E-state index contributed by atoms with van der Waals surface area (Å²) < 4.78 is 20.3. The van der Waals surface area contributed by atoms with Crippen molar-refractivity contribution in [1.82, 2.24) is 4.90 Å². The molecule has 1 fully saturated rings. The zero-order valence-corrected chi connectivity index (χ0v) is 15.2. The van der Waals surface area contributed by atoms with Crippen molar-refractivity contribution in [1.29, 1.82) is 0 Å². The maximum Gasteiger partial charge on any atom is 0.282 e. The number of carbonyl (C=O) groups is 1. The zero-order valence-electron chi connectivity index (χ0n) is 15.2. The molecule has 1 amide bonds. The Balaban J connectivity index is 1.47. The second-order valence-electron chi connectivity index (χ2n) is 7.30. The molecule has 27 heavy (non-hydrogen) atoms. The molecule has 1 saturated heterocycles. The summed E-state index contributed by atoms with van der Waals surface area (Å²) in [6, 6.07) is 15.1. The molecular formula is C22H23FN2O2. The minimum atomic E-state index is -0.717. The lowest BCUT2D eigenvalue weighted by Gasteiger charge is -2.38. The molecule has 0 radical (unpaired) electrons. The normalized spacial score (nSPS) is 18.3. The Morgan fingerprint density at radius 3 is 2.63 bits per heavy atom. The standard InChI is InChI=1S/C22H23FN2O2/c23-19(13-16-4-2-1-3-5-16)21(26)25-10-8-22(9-11-25)15-27-20-7-6-17(14-24)12-18(20)22/h1-7,12-13H,8-11,14-15,24H2. The van der Waals surface area contributed by atoms with Crippen molar-refractivity contribution in [3.63, 3.8) is 0 Å². The maximum atomic E-state index is 14.4. The van der Waals surface area contributed by atoms with Crippen molar-refractivity contribution in [2.45, 2.75) is 24.8 Å². The van der Waals surface area contributed by atoms with Crippen LogP contribution in [0.5, 0.6) is 5.75 Å². The highest BCUT2D eigenvalue weighted by Gasteiger charge is 2.44. The number of nitrogens with zero attached hydrogens (tertiary/aromatic N) is 1. The Labute approximate surface area is 158 Å². The van der Waals surface area contributed by atoms with Gasteiger partial charge in [0.15, 0.2) is 5.83 Å². The molecule has 4 rings (SSSR count). The average molecular weight is 366 g/mol. The molecule has 0 bridgehead atoms. The second kappa shape index (κ2) is 7.16. The van der Waals surface area contributed by atoms with Crippen LogP contribution in [0.1, 0.15) is 29.5 Å². The van der Waals surface area contributed by atoms with Crippen molar-refractivity contribution < 1.29 is 13.9 Å². The summed E-state index contributed by atoms with van der Waals surface area (Å²) in [6.07, 6.45) is 2.82. The number of amides is 1. The van der Waals surface area contributed by atoms with Crippen LogP contribution >= 0.6 is 0 Å². The van der Waals surface area contributed by atoms with Gasteiger partial charge in [0.2, 0.25) is 0 Å². The van der Waals surface area contributed by atoms with Gasteiger partial charge in [-0.3, -0.25) is 4.79 Å². The van der Waals surface area contributed by atoms with E-state index in [0.717, 1.165) is 24.2 Å². The fourth-order valence-corrected chi connectivity index (χ4v) is 4.00. The Morgan fingerprint density at radius 2 is 1.93 bits per heavy atom. The lowest BCUT2D eigenvalue weighted by atomic mass is 9.74. The van der Waals surface area contributed by atoms with Gasteiger partial charge in [0.1, 0.15) is 5.75 Å². The smallest absolute Gasteiger partial charge is 0.282 e. The van der Waals surface area contributed by atoms with Gasteiger partial charge in [0, 0.05) is 30.6 Å². The molecule has 2 aromatic carbocycles. The van der Waals surface area contributed by atoms with Crippen LogP contribution in [0.25, 0.3) is 6.08 Å². The molecule has 2 N–H and O–H groups in total. The largest absolute Gasteiger partial charge is 0.492 e. The predicted molar refractivity (Wildman–Crippen MR) is 103 cm³/mol. The number of ether oxygens (including phenoxy) is 1. The van der Waals surface area contributed by atoms with E-state index in [0.29, 0.717) is 31.8 Å². The molecule has 5 heteroatoms. The Kier molecular flexibility index (Phi) is 4.70. The van der Waals surface area contributed by atoms with Crippen LogP contribution in [0.4, 0.5) is 4.39 Å². The van der Waals surface area contributed by atoms with Gasteiger partial charge < -0.3 is 15.4 Å². The third-order valence-electron chi connectivity index (χ3n) is 5.66. The van der Waals surface area contributed by atoms with Crippen molar-refractivity contribution >= 4 is 12.0 Å². The number of likely N-dealkylation sites (tertiary alicyclic amines) is 1. The third kappa shape index (κ3) is 3.35. The van der Waals surface area contributed by atoms with Gasteiger partial charge in [-0.25, -0.2) is 4.39 Å². The molecule has 2 heterocycles. The van der Waals surface area contributed by atoms with Gasteiger partial charge in [0.25, 0.3) is 5.91 Å². The number of hydrogen-bond acceptors (Lipinski definition) is 3. The fourth-order valence-electron chi connectivity index (χ4n) is 4.00. The van der Waals surface area contributed by atoms with E-state index in [1.54, 1.807) is 17.0 Å². The molecule has 0 saturated carbocycles. The van der Waals surface area contributed by atoms with E-state index in [2.05, 4.69) is 6.07 Å². The number of fused-ring (bicyclic) bond motifs is 2. The summed E-state index contributed by atoms with van der Waals surface area (Å²) in [4.78, 5) is 14.1. The van der Waals surface area contributed by atoms with Gasteiger partial charge in [-0.1, -0.05) is 42.5 Å². The molecule has 2 aromatic rings. The summed E-state index contributed by atoms with van der Waals surface area (Å²) in [7, 11) is 0. The topological polar surface area (TPSA) is 55.6 Å². The molecule has 0 aromatic heterocycles. The molecule has 140 valence electrons. The molecule has 2 aliphatic rings. The van der Waals surface area contributed by atoms with E-state index in [1.807, 2.05) is 30.3 Å². The SMILES string of the molecule is NCc1ccc2c(c1)C1(CCN(C(=O)C(F)=Cc3ccccc3)CC1)CO2. The first kappa shape index (κ1) is 17.7. The van der Waals surface area contributed by atoms with Gasteiger partial charge in [-0.05, 0) is 36.1 Å². The summed E-state index contributed by atoms with van der Waals surface area (Å²) >= 11 is 0. The van der Waals surface area contributed by atoms with Crippen LogP contribution < -0.4 is 10.5 Å². The Bertz CT molecular complexity index is 871. The fraction of sp³-hybridized carbons (Fsp3) is 0.318. The minimum absolute atomic E-state index is 0.100. The maximum absolute atomic E-state index is 14.4. The van der Waals surface area contributed by atoms with Crippen molar-refractivity contribution in [3.8, 4) is 5.75 Å². The Morgan fingerprint density at radius 1 is 1.19 bits per heavy atom. The lowest BCUT2D eigenvalue weighted by Crippen LogP contribution is -2.46. The van der Waals surface area contributed by atoms with E-state index in [9.17, 15) is 9.18 Å². The summed E-state index contributed by atoms with van der Waals surface area (Å²) in [5, 5.41) is 0. The highest BCUT2D eigenvalue weighted by Crippen LogP contribution is 2.46. The van der Waals surface area contributed by atoms with Crippen molar-refractivity contribution in [3.05, 3.63) is 71.0 Å². The number of nitrogens with two attached hydrogens (primary N) is 1. The van der Waals surface area contributed by atoms with E-state index in [1.165, 1.54) is 11.6 Å². The van der Waals surface area contributed by atoms with Crippen LogP contribution in [-0.4, -0.2) is 30.5 Å². The van der Waals surface area contributed by atoms with Crippen LogP contribution in [-0.2, 0) is 16.8 Å². The van der Waals surface area contributed by atoms with Gasteiger partial charge in [0.05, 0.1) is 6.61 Å². The van der Waals surface area contributed by atoms with Crippen LogP contribution in [0.15, 0.2) is 54.4 Å². The molecule has 1 spiro atoms. The predicted octanol–water partition coefficient (Wildman–Crippen LogP) is 3.41. The second-order valence-corrected chi connectivity index (χ2v) is 7.30. The number of piperidine rings is 1. The number of benzene rings is 2. The highest BCUT2D eigenvalue weighted by atomic mass is 19.1. The first-order chi connectivity index (χ1) is 13.1. The average Bonchev–Trinajstić information content (AvgIpc) is 3.06. The number of hydrogen-bond donors (Lipinski definition) is 1. The van der Waals surface area contributed by atoms with Gasteiger partial charge >= 0.3 is 0 Å².